The number of rotatable bonds is 4. The van der Waals surface area contributed by atoms with Crippen molar-refractivity contribution in [3.05, 3.63) is 29.8 Å². The number of nitrogens with one attached hydrogen (secondary N) is 1. The quantitative estimate of drug-likeness (QED) is 0.637. The zero-order chi connectivity index (χ0) is 17.5. The Morgan fingerprint density at radius 1 is 1.29 bits per heavy atom. The second-order valence-corrected chi connectivity index (χ2v) is 5.65. The zero-order valence-corrected chi connectivity index (χ0v) is 13.7. The highest BCUT2D eigenvalue weighted by atomic mass is 16.5. The summed E-state index contributed by atoms with van der Waals surface area (Å²) in [7, 11) is 1.25. The number of likely N-dealkylation sites (tertiary alicyclic amines) is 1. The molecule has 1 aromatic carbocycles. The van der Waals surface area contributed by atoms with Gasteiger partial charge >= 0.3 is 17.8 Å². The van der Waals surface area contributed by atoms with E-state index in [4.69, 9.17) is 5.11 Å². The summed E-state index contributed by atoms with van der Waals surface area (Å²) in [6, 6.07) is 6.23. The molecule has 0 radical (unpaired) electrons. The first-order chi connectivity index (χ1) is 11.6. The maximum atomic E-state index is 12.5. The number of carbonyl (C=O) groups excluding carboxylic acids is 3. The number of carbonyl (C=O) groups is 3. The lowest BCUT2D eigenvalue weighted by Crippen LogP contribution is -2.48. The van der Waals surface area contributed by atoms with Crippen LogP contribution in [0.2, 0.25) is 0 Å². The molecule has 24 heavy (non-hydrogen) atoms. The molecule has 1 aromatic rings. The molecular weight excluding hydrogens is 312 g/mol. The van der Waals surface area contributed by atoms with Crippen molar-refractivity contribution in [3.8, 4) is 0 Å². The highest BCUT2D eigenvalue weighted by molar-refractivity contribution is 6.40. The molecule has 7 nitrogen and oxygen atoms in total. The van der Waals surface area contributed by atoms with E-state index in [1.807, 2.05) is 0 Å². The monoisotopic (exact) mass is 334 g/mol. The fourth-order valence-corrected chi connectivity index (χ4v) is 2.90. The number of aliphatic hydroxyl groups is 1. The highest BCUT2D eigenvalue weighted by Crippen LogP contribution is 2.21. The normalized spacial score (nSPS) is 17.2. The first-order valence-corrected chi connectivity index (χ1v) is 7.98. The van der Waals surface area contributed by atoms with Gasteiger partial charge in [-0.15, -0.1) is 0 Å². The molecule has 1 aliphatic rings. The third-order valence-corrected chi connectivity index (χ3v) is 4.13. The summed E-state index contributed by atoms with van der Waals surface area (Å²) in [5.41, 5.74) is 0.421. The summed E-state index contributed by atoms with van der Waals surface area (Å²) in [6.07, 6.45) is 3.04. The van der Waals surface area contributed by atoms with Crippen LogP contribution in [0.3, 0.4) is 0 Å². The molecule has 1 aliphatic heterocycles. The number of hydrogen-bond donors (Lipinski definition) is 2. The Morgan fingerprint density at radius 2 is 2.04 bits per heavy atom. The molecule has 130 valence electrons. The van der Waals surface area contributed by atoms with E-state index in [0.717, 1.165) is 19.3 Å². The fraction of sp³-hybridized carbons (Fsp3) is 0.471. The minimum absolute atomic E-state index is 0.0265. The van der Waals surface area contributed by atoms with E-state index in [9.17, 15) is 14.4 Å². The van der Waals surface area contributed by atoms with Gasteiger partial charge in [-0.25, -0.2) is 4.79 Å². The van der Waals surface area contributed by atoms with Crippen molar-refractivity contribution >= 4 is 23.5 Å². The summed E-state index contributed by atoms with van der Waals surface area (Å²) >= 11 is 0. The Hall–Kier alpha value is -2.41. The zero-order valence-electron chi connectivity index (χ0n) is 13.7. The van der Waals surface area contributed by atoms with E-state index in [-0.39, 0.29) is 23.9 Å². The van der Waals surface area contributed by atoms with Crippen molar-refractivity contribution in [3.63, 3.8) is 0 Å². The molecule has 0 saturated carbocycles. The maximum Gasteiger partial charge on any atom is 0.339 e. The van der Waals surface area contributed by atoms with Gasteiger partial charge in [0.2, 0.25) is 0 Å². The molecule has 7 heteroatoms. The number of esters is 1. The summed E-state index contributed by atoms with van der Waals surface area (Å²) in [5, 5.41) is 11.6. The van der Waals surface area contributed by atoms with E-state index in [1.54, 1.807) is 18.2 Å². The van der Waals surface area contributed by atoms with Gasteiger partial charge in [-0.05, 0) is 37.8 Å². The molecule has 0 spiro atoms. The van der Waals surface area contributed by atoms with Crippen LogP contribution in [-0.2, 0) is 14.3 Å². The third kappa shape index (κ3) is 4.11. The predicted molar refractivity (Wildman–Crippen MR) is 87.5 cm³/mol. The number of hydrogen-bond acceptors (Lipinski definition) is 5. The smallest absolute Gasteiger partial charge is 0.339 e. The molecule has 1 saturated heterocycles. The van der Waals surface area contributed by atoms with Crippen LogP contribution in [0.5, 0.6) is 0 Å². The first-order valence-electron chi connectivity index (χ1n) is 7.98. The van der Waals surface area contributed by atoms with Gasteiger partial charge in [0.05, 0.1) is 18.4 Å². The van der Waals surface area contributed by atoms with Crippen LogP contribution < -0.4 is 5.32 Å². The minimum atomic E-state index is -0.795. The van der Waals surface area contributed by atoms with E-state index in [2.05, 4.69) is 10.1 Å². The number of anilines is 1. The number of para-hydroxylation sites is 1. The number of aliphatic hydroxyl groups excluding tert-OH is 1. The molecular formula is C17H22N2O5. The Labute approximate surface area is 140 Å². The Morgan fingerprint density at radius 3 is 2.75 bits per heavy atom. The van der Waals surface area contributed by atoms with Gasteiger partial charge in [0, 0.05) is 19.2 Å². The lowest BCUT2D eigenvalue weighted by molar-refractivity contribution is -0.146. The number of ether oxygens (including phenoxy) is 1. The van der Waals surface area contributed by atoms with Crippen molar-refractivity contribution in [1.82, 2.24) is 4.90 Å². The summed E-state index contributed by atoms with van der Waals surface area (Å²) in [6.45, 7) is 0.469. The number of amides is 2. The van der Waals surface area contributed by atoms with Crippen molar-refractivity contribution in [2.24, 2.45) is 0 Å². The molecule has 0 aliphatic carbocycles. The topological polar surface area (TPSA) is 95.9 Å². The second-order valence-electron chi connectivity index (χ2n) is 5.65. The van der Waals surface area contributed by atoms with Crippen LogP contribution in [-0.4, -0.2) is 54.1 Å². The Bertz CT molecular complexity index is 615. The molecule has 1 heterocycles. The van der Waals surface area contributed by atoms with Gasteiger partial charge in [-0.2, -0.15) is 0 Å². The first kappa shape index (κ1) is 17.9. The fourth-order valence-electron chi connectivity index (χ4n) is 2.90. The van der Waals surface area contributed by atoms with Crippen LogP contribution >= 0.6 is 0 Å². The second kappa shape index (κ2) is 8.44. The van der Waals surface area contributed by atoms with E-state index >= 15 is 0 Å². The van der Waals surface area contributed by atoms with Crippen LogP contribution in [0.1, 0.15) is 36.0 Å². The van der Waals surface area contributed by atoms with E-state index in [1.165, 1.54) is 18.1 Å². The molecule has 2 N–H and O–H groups in total. The van der Waals surface area contributed by atoms with Crippen LogP contribution in [0.25, 0.3) is 0 Å². The minimum Gasteiger partial charge on any atom is -0.465 e. The molecule has 2 amide bonds. The Balaban J connectivity index is 2.11. The maximum absolute atomic E-state index is 12.5. The molecule has 0 bridgehead atoms. The van der Waals surface area contributed by atoms with Gasteiger partial charge < -0.3 is 20.1 Å². The van der Waals surface area contributed by atoms with Crippen molar-refractivity contribution in [2.75, 3.05) is 25.6 Å². The summed E-state index contributed by atoms with van der Waals surface area (Å²) < 4.78 is 4.67. The molecule has 1 atom stereocenters. The Kier molecular flexibility index (Phi) is 6.31. The third-order valence-electron chi connectivity index (χ3n) is 4.13. The van der Waals surface area contributed by atoms with Crippen molar-refractivity contribution in [1.29, 1.82) is 0 Å². The largest absolute Gasteiger partial charge is 0.465 e. The van der Waals surface area contributed by atoms with Crippen LogP contribution in [0.4, 0.5) is 5.69 Å². The number of nitrogens with zero attached hydrogens (tertiary/aromatic N) is 1. The van der Waals surface area contributed by atoms with Gasteiger partial charge in [0.1, 0.15) is 0 Å². The van der Waals surface area contributed by atoms with Crippen LogP contribution in [0.15, 0.2) is 24.3 Å². The van der Waals surface area contributed by atoms with E-state index < -0.39 is 17.8 Å². The summed E-state index contributed by atoms with van der Waals surface area (Å²) in [4.78, 5) is 38.0. The molecule has 2 rings (SSSR count). The SMILES string of the molecule is COC(=O)c1ccccc1NC(=O)C(=O)N1CCCCC1CCO. The van der Waals surface area contributed by atoms with Gasteiger partial charge in [-0.1, -0.05) is 12.1 Å². The standard InChI is InChI=1S/C17H22N2O5/c1-24-17(23)13-7-2-3-8-14(13)18-15(21)16(22)19-10-5-4-6-12(19)9-11-20/h2-3,7-8,12,20H,4-6,9-11H2,1H3,(H,18,21). The predicted octanol–water partition coefficient (Wildman–Crippen LogP) is 1.18. The number of piperidine rings is 1. The van der Waals surface area contributed by atoms with E-state index in [0.29, 0.717) is 13.0 Å². The molecule has 0 aromatic heterocycles. The van der Waals surface area contributed by atoms with Crippen molar-refractivity contribution < 1.29 is 24.2 Å². The number of benzene rings is 1. The van der Waals surface area contributed by atoms with Gasteiger partial charge in [-0.3, -0.25) is 9.59 Å². The highest BCUT2D eigenvalue weighted by Gasteiger charge is 2.30. The molecule has 1 fully saturated rings. The van der Waals surface area contributed by atoms with Gasteiger partial charge in [0.25, 0.3) is 0 Å². The van der Waals surface area contributed by atoms with Gasteiger partial charge in [0.15, 0.2) is 0 Å². The lowest BCUT2D eigenvalue weighted by Gasteiger charge is -2.35. The average molecular weight is 334 g/mol. The van der Waals surface area contributed by atoms with Crippen molar-refractivity contribution in [2.45, 2.75) is 31.7 Å². The van der Waals surface area contributed by atoms with Crippen LogP contribution in [0, 0.1) is 0 Å². The average Bonchev–Trinajstić information content (AvgIpc) is 2.61. The lowest BCUT2D eigenvalue weighted by atomic mass is 9.99. The molecule has 1 unspecified atom stereocenters. The summed E-state index contributed by atoms with van der Waals surface area (Å²) in [5.74, 6) is -2.03. The number of methoxy groups -OCH3 is 1.